The second-order valence-corrected chi connectivity index (χ2v) is 5.08. The Morgan fingerprint density at radius 1 is 1.10 bits per heavy atom. The van der Waals surface area contributed by atoms with Gasteiger partial charge in [0.15, 0.2) is 0 Å². The van der Waals surface area contributed by atoms with E-state index in [1.54, 1.807) is 14.2 Å². The lowest BCUT2D eigenvalue weighted by Crippen LogP contribution is -2.26. The van der Waals surface area contributed by atoms with E-state index in [9.17, 15) is 0 Å². The molecule has 1 saturated heterocycles. The van der Waals surface area contributed by atoms with E-state index in [1.165, 1.54) is 0 Å². The van der Waals surface area contributed by atoms with E-state index in [1.807, 2.05) is 18.2 Å². The maximum atomic E-state index is 5.44. The summed E-state index contributed by atoms with van der Waals surface area (Å²) in [6.07, 6.45) is 2.06. The number of nitrogens with one attached hydrogen (secondary N) is 1. The number of ether oxygens (including phenoxy) is 2. The molecule has 112 valence electrons. The minimum absolute atomic E-state index is 0.347. The molecule has 0 unspecified atom stereocenters. The summed E-state index contributed by atoms with van der Waals surface area (Å²) < 4.78 is 16.0. The van der Waals surface area contributed by atoms with Crippen LogP contribution in [0.1, 0.15) is 24.7 Å². The van der Waals surface area contributed by atoms with E-state index in [2.05, 4.69) is 15.5 Å². The van der Waals surface area contributed by atoms with Crippen LogP contribution in [-0.2, 0) is 0 Å². The van der Waals surface area contributed by atoms with Crippen molar-refractivity contribution >= 4 is 0 Å². The van der Waals surface area contributed by atoms with Gasteiger partial charge < -0.3 is 19.3 Å². The van der Waals surface area contributed by atoms with Crippen molar-refractivity contribution in [3.63, 3.8) is 0 Å². The molecule has 3 rings (SSSR count). The molecule has 21 heavy (non-hydrogen) atoms. The lowest BCUT2D eigenvalue weighted by molar-refractivity contribution is 0.320. The molecule has 1 aliphatic rings. The predicted octanol–water partition coefficient (Wildman–Crippen LogP) is 2.22. The van der Waals surface area contributed by atoms with Crippen LogP contribution in [0.3, 0.4) is 0 Å². The Balaban J connectivity index is 1.88. The van der Waals surface area contributed by atoms with Crippen LogP contribution >= 0.6 is 0 Å². The molecule has 1 aliphatic heterocycles. The highest BCUT2D eigenvalue weighted by Crippen LogP contribution is 2.30. The summed E-state index contributed by atoms with van der Waals surface area (Å²) in [5.41, 5.74) is 0.829. The van der Waals surface area contributed by atoms with Crippen molar-refractivity contribution in [2.45, 2.75) is 18.8 Å². The van der Waals surface area contributed by atoms with Crippen molar-refractivity contribution in [2.24, 2.45) is 0 Å². The Labute approximate surface area is 123 Å². The summed E-state index contributed by atoms with van der Waals surface area (Å²) in [6.45, 7) is 1.99. The Morgan fingerprint density at radius 2 is 1.76 bits per heavy atom. The Hall–Kier alpha value is -2.08. The maximum absolute atomic E-state index is 5.44. The number of nitrogens with zero attached hydrogens (tertiary/aromatic N) is 2. The summed E-state index contributed by atoms with van der Waals surface area (Å²) in [6, 6.07) is 5.57. The van der Waals surface area contributed by atoms with E-state index in [0.29, 0.717) is 29.1 Å². The fourth-order valence-electron chi connectivity index (χ4n) is 2.52. The van der Waals surface area contributed by atoms with Gasteiger partial charge in [-0.2, -0.15) is 4.98 Å². The van der Waals surface area contributed by atoms with Crippen molar-refractivity contribution in [3.05, 3.63) is 24.1 Å². The van der Waals surface area contributed by atoms with Gasteiger partial charge >= 0.3 is 0 Å². The zero-order valence-corrected chi connectivity index (χ0v) is 12.3. The highest BCUT2D eigenvalue weighted by Gasteiger charge is 2.22. The first-order chi connectivity index (χ1) is 10.3. The molecule has 6 nitrogen and oxygen atoms in total. The minimum atomic E-state index is 0.347. The third-order valence-electron chi connectivity index (χ3n) is 3.74. The van der Waals surface area contributed by atoms with Gasteiger partial charge in [-0.05, 0) is 38.1 Å². The molecule has 0 bridgehead atoms. The molecule has 0 aliphatic carbocycles. The van der Waals surface area contributed by atoms with E-state index in [4.69, 9.17) is 14.0 Å². The highest BCUT2D eigenvalue weighted by atomic mass is 16.5. The molecule has 2 aromatic rings. The van der Waals surface area contributed by atoms with Crippen LogP contribution < -0.4 is 14.8 Å². The van der Waals surface area contributed by atoms with Crippen LogP contribution in [-0.4, -0.2) is 37.4 Å². The standard InChI is InChI=1S/C15H19N3O3/c1-19-12-7-11(8-13(9-12)20-2)14-17-15(21-18-14)10-3-5-16-6-4-10/h7-10,16H,3-6H2,1-2H3. The van der Waals surface area contributed by atoms with Gasteiger partial charge in [-0.25, -0.2) is 0 Å². The van der Waals surface area contributed by atoms with Crippen LogP contribution in [0.5, 0.6) is 11.5 Å². The summed E-state index contributed by atoms with van der Waals surface area (Å²) in [5, 5.41) is 7.43. The zero-order chi connectivity index (χ0) is 14.7. The molecule has 0 radical (unpaired) electrons. The van der Waals surface area contributed by atoms with Gasteiger partial charge in [0.2, 0.25) is 11.7 Å². The fourth-order valence-corrected chi connectivity index (χ4v) is 2.52. The Bertz CT molecular complexity index is 584. The SMILES string of the molecule is COc1cc(OC)cc(-c2noc(C3CCNCC3)n2)c1. The van der Waals surface area contributed by atoms with Gasteiger partial charge in [-0.1, -0.05) is 5.16 Å². The number of benzene rings is 1. The number of aromatic nitrogens is 2. The molecule has 0 atom stereocenters. The van der Waals surface area contributed by atoms with E-state index in [0.717, 1.165) is 31.5 Å². The van der Waals surface area contributed by atoms with Crippen molar-refractivity contribution < 1.29 is 14.0 Å². The monoisotopic (exact) mass is 289 g/mol. The van der Waals surface area contributed by atoms with Crippen LogP contribution in [0.2, 0.25) is 0 Å². The van der Waals surface area contributed by atoms with Crippen molar-refractivity contribution in [1.29, 1.82) is 0 Å². The van der Waals surface area contributed by atoms with Gasteiger partial charge in [-0.15, -0.1) is 0 Å². The lowest BCUT2D eigenvalue weighted by atomic mass is 9.98. The summed E-state index contributed by atoms with van der Waals surface area (Å²) in [7, 11) is 3.24. The minimum Gasteiger partial charge on any atom is -0.497 e. The Kier molecular flexibility index (Phi) is 4.06. The fraction of sp³-hybridized carbons (Fsp3) is 0.467. The van der Waals surface area contributed by atoms with Crippen LogP contribution in [0.25, 0.3) is 11.4 Å². The van der Waals surface area contributed by atoms with Gasteiger partial charge in [0.05, 0.1) is 14.2 Å². The first-order valence-corrected chi connectivity index (χ1v) is 7.08. The molecule has 1 fully saturated rings. The molecule has 1 aromatic heterocycles. The lowest BCUT2D eigenvalue weighted by Gasteiger charge is -2.18. The summed E-state index contributed by atoms with van der Waals surface area (Å²) in [5.74, 6) is 3.05. The number of rotatable bonds is 4. The quantitative estimate of drug-likeness (QED) is 0.930. The smallest absolute Gasteiger partial charge is 0.230 e. The topological polar surface area (TPSA) is 69.4 Å². The van der Waals surface area contributed by atoms with E-state index < -0.39 is 0 Å². The number of methoxy groups -OCH3 is 2. The van der Waals surface area contributed by atoms with Crippen LogP contribution in [0.15, 0.2) is 22.7 Å². The molecule has 0 amide bonds. The van der Waals surface area contributed by atoms with E-state index >= 15 is 0 Å². The molecular formula is C15H19N3O3. The first-order valence-electron chi connectivity index (χ1n) is 7.08. The molecule has 1 N–H and O–H groups in total. The van der Waals surface area contributed by atoms with Crippen molar-refractivity contribution in [3.8, 4) is 22.9 Å². The van der Waals surface area contributed by atoms with Gasteiger partial charge in [-0.3, -0.25) is 0 Å². The average molecular weight is 289 g/mol. The largest absolute Gasteiger partial charge is 0.497 e. The molecule has 0 spiro atoms. The van der Waals surface area contributed by atoms with Crippen LogP contribution in [0, 0.1) is 0 Å². The molecule has 6 heteroatoms. The number of hydrogen-bond donors (Lipinski definition) is 1. The summed E-state index contributed by atoms with van der Waals surface area (Å²) in [4.78, 5) is 4.54. The van der Waals surface area contributed by atoms with Gasteiger partial charge in [0.1, 0.15) is 11.5 Å². The normalized spacial score (nSPS) is 15.9. The van der Waals surface area contributed by atoms with Gasteiger partial charge in [0, 0.05) is 17.5 Å². The molecular weight excluding hydrogens is 270 g/mol. The first kappa shape index (κ1) is 13.9. The summed E-state index contributed by atoms with van der Waals surface area (Å²) >= 11 is 0. The maximum Gasteiger partial charge on any atom is 0.230 e. The number of hydrogen-bond acceptors (Lipinski definition) is 6. The van der Waals surface area contributed by atoms with Crippen molar-refractivity contribution in [2.75, 3.05) is 27.3 Å². The average Bonchev–Trinajstić information content (AvgIpc) is 3.05. The zero-order valence-electron chi connectivity index (χ0n) is 12.3. The predicted molar refractivity (Wildman–Crippen MR) is 77.7 cm³/mol. The second-order valence-electron chi connectivity index (χ2n) is 5.08. The third kappa shape index (κ3) is 3.00. The molecule has 0 saturated carbocycles. The number of piperidine rings is 1. The highest BCUT2D eigenvalue weighted by molar-refractivity contribution is 5.60. The van der Waals surface area contributed by atoms with E-state index in [-0.39, 0.29) is 0 Å². The molecule has 1 aromatic carbocycles. The Morgan fingerprint density at radius 3 is 2.38 bits per heavy atom. The second kappa shape index (κ2) is 6.13. The third-order valence-corrected chi connectivity index (χ3v) is 3.74. The van der Waals surface area contributed by atoms with Crippen LogP contribution in [0.4, 0.5) is 0 Å². The van der Waals surface area contributed by atoms with Gasteiger partial charge in [0.25, 0.3) is 0 Å². The van der Waals surface area contributed by atoms with Crippen molar-refractivity contribution in [1.82, 2.24) is 15.5 Å². The molecule has 2 heterocycles.